The van der Waals surface area contributed by atoms with E-state index in [0.29, 0.717) is 0 Å². The van der Waals surface area contributed by atoms with Gasteiger partial charge in [-0.1, -0.05) is 103 Å². The summed E-state index contributed by atoms with van der Waals surface area (Å²) in [7, 11) is 1.62. The number of ether oxygens (including phenoxy) is 11. The Hall–Kier alpha value is -5.10. The van der Waals surface area contributed by atoms with Crippen LogP contribution in [0, 0.1) is 0 Å². The fraction of sp³-hybridized carbons (Fsp3) is 0.435. The second kappa shape index (κ2) is 19.7. The van der Waals surface area contributed by atoms with Gasteiger partial charge in [0, 0.05) is 6.54 Å². The molecule has 2 N–H and O–H groups in total. The Balaban J connectivity index is 1.05. The fourth-order valence-corrected chi connectivity index (χ4v) is 7.86. The number of nitrogens with one attached hydrogen (secondary N) is 2. The molecule has 15 nitrogen and oxygen atoms in total. The maximum atomic E-state index is 13.6. The number of methoxy groups -OCH3 is 1. The standard InChI is InChI=1S/C46H52N2O13/c1-46(2)60-38-34(23-47-44(49)55-26-30-15-9-5-10-16-30)57-42(36(39(38)61-46)48-45(50)56-27-31-17-11-6-12-18-31)59-37-35-28-54-43(58-35)41(40(37)52-24-29-13-7-4-8-14-29)53-25-32-19-21-33(51-3)22-20-32/h4-22,34-43H,23-28H2,1-3H3,(H,47,49)(H,48,50)/t34-,35-,36-,37-,38-,39+,40+,41-,42-,43-/m1/s1. The summed E-state index contributed by atoms with van der Waals surface area (Å²) < 4.78 is 68.9. The lowest BCUT2D eigenvalue weighted by Gasteiger charge is -2.46. The number of hydrogen-bond acceptors (Lipinski definition) is 13. The van der Waals surface area contributed by atoms with Crippen LogP contribution in [0.1, 0.15) is 36.1 Å². The smallest absolute Gasteiger partial charge is 0.407 e. The van der Waals surface area contributed by atoms with E-state index in [1.54, 1.807) is 21.0 Å². The molecule has 4 fully saturated rings. The Labute approximate surface area is 354 Å². The van der Waals surface area contributed by atoms with Crippen molar-refractivity contribution in [2.45, 2.75) is 107 Å². The summed E-state index contributed by atoms with van der Waals surface area (Å²) in [5.74, 6) is -0.362. The summed E-state index contributed by atoms with van der Waals surface area (Å²) in [5, 5.41) is 5.78. The van der Waals surface area contributed by atoms with Crippen LogP contribution >= 0.6 is 0 Å². The van der Waals surface area contributed by atoms with Crippen molar-refractivity contribution in [2.24, 2.45) is 0 Å². The largest absolute Gasteiger partial charge is 0.497 e. The Bertz CT molecular complexity index is 2010. The van der Waals surface area contributed by atoms with E-state index in [1.807, 2.05) is 115 Å². The first kappa shape index (κ1) is 42.6. The average molecular weight is 841 g/mol. The third-order valence-corrected chi connectivity index (χ3v) is 10.8. The molecule has 4 saturated heterocycles. The first-order valence-electron chi connectivity index (χ1n) is 20.5. The van der Waals surface area contributed by atoms with Gasteiger partial charge in [0.25, 0.3) is 0 Å². The van der Waals surface area contributed by atoms with Crippen molar-refractivity contribution in [3.8, 4) is 5.75 Å². The Morgan fingerprint density at radius 3 is 1.84 bits per heavy atom. The SMILES string of the molecule is COc1ccc(CO[C@H]2[C@@H]3OC[C@@H](O3)[C@@H](O[C@H]3O[C@H](CNC(=O)OCc4ccccc4)[C@H]4OC(C)(C)O[C@H]4[C@H]3NC(=O)OCc3ccccc3)[C@@H]2OCc2ccccc2)cc1. The van der Waals surface area contributed by atoms with Gasteiger partial charge in [-0.2, -0.15) is 0 Å². The molecule has 10 atom stereocenters. The lowest BCUT2D eigenvalue weighted by atomic mass is 9.95. The third kappa shape index (κ3) is 10.9. The van der Waals surface area contributed by atoms with Crippen LogP contribution in [-0.4, -0.2) is 99.6 Å². The minimum Gasteiger partial charge on any atom is -0.497 e. The molecule has 4 aliphatic rings. The Kier molecular flexibility index (Phi) is 13.8. The maximum absolute atomic E-state index is 13.6. The van der Waals surface area contributed by atoms with Crippen molar-refractivity contribution in [1.29, 1.82) is 0 Å². The topological polar surface area (TPSA) is 160 Å². The van der Waals surface area contributed by atoms with Gasteiger partial charge >= 0.3 is 12.2 Å². The van der Waals surface area contributed by atoms with Crippen LogP contribution in [0.4, 0.5) is 9.59 Å². The lowest BCUT2D eigenvalue weighted by molar-refractivity contribution is -0.317. The summed E-state index contributed by atoms with van der Waals surface area (Å²) in [6.07, 6.45) is -8.61. The van der Waals surface area contributed by atoms with Gasteiger partial charge in [0.1, 0.15) is 67.7 Å². The molecule has 15 heteroatoms. The molecule has 2 amide bonds. The van der Waals surface area contributed by atoms with Gasteiger partial charge in [-0.3, -0.25) is 0 Å². The summed E-state index contributed by atoms with van der Waals surface area (Å²) in [5.41, 5.74) is 3.49. The van der Waals surface area contributed by atoms with Crippen LogP contribution in [0.3, 0.4) is 0 Å². The van der Waals surface area contributed by atoms with Crippen LogP contribution in [0.2, 0.25) is 0 Å². The highest BCUT2D eigenvalue weighted by Gasteiger charge is 2.59. The van der Waals surface area contributed by atoms with Crippen molar-refractivity contribution in [3.63, 3.8) is 0 Å². The number of fused-ring (bicyclic) bond motifs is 3. The highest BCUT2D eigenvalue weighted by atomic mass is 16.8. The van der Waals surface area contributed by atoms with E-state index in [0.717, 1.165) is 28.0 Å². The summed E-state index contributed by atoms with van der Waals surface area (Å²) in [6.45, 7) is 4.26. The number of hydrogen-bond donors (Lipinski definition) is 2. The molecular formula is C46H52N2O13. The molecular weight excluding hydrogens is 789 g/mol. The molecule has 0 radical (unpaired) electrons. The van der Waals surface area contributed by atoms with E-state index in [9.17, 15) is 9.59 Å². The minimum atomic E-state index is -1.20. The predicted octanol–water partition coefficient (Wildman–Crippen LogP) is 5.77. The van der Waals surface area contributed by atoms with Gasteiger partial charge in [0.2, 0.25) is 0 Å². The molecule has 4 heterocycles. The third-order valence-electron chi connectivity index (χ3n) is 10.8. The Morgan fingerprint density at radius 2 is 1.21 bits per heavy atom. The number of carbonyl (C=O) groups is 2. The monoisotopic (exact) mass is 840 g/mol. The minimum absolute atomic E-state index is 0.0280. The molecule has 0 aromatic heterocycles. The molecule has 4 aromatic rings. The van der Waals surface area contributed by atoms with Gasteiger partial charge in [-0.15, -0.1) is 0 Å². The van der Waals surface area contributed by atoms with Crippen molar-refractivity contribution >= 4 is 12.2 Å². The highest BCUT2D eigenvalue weighted by Crippen LogP contribution is 2.41. The molecule has 0 saturated carbocycles. The van der Waals surface area contributed by atoms with Crippen LogP contribution in [0.5, 0.6) is 5.75 Å². The van der Waals surface area contributed by atoms with E-state index in [-0.39, 0.29) is 39.6 Å². The van der Waals surface area contributed by atoms with Crippen molar-refractivity contribution in [2.75, 3.05) is 20.3 Å². The van der Waals surface area contributed by atoms with Crippen LogP contribution in [-0.2, 0) is 73.8 Å². The maximum Gasteiger partial charge on any atom is 0.407 e. The summed E-state index contributed by atoms with van der Waals surface area (Å²) in [4.78, 5) is 26.6. The van der Waals surface area contributed by atoms with E-state index in [2.05, 4.69) is 10.6 Å². The van der Waals surface area contributed by atoms with Crippen LogP contribution in [0.15, 0.2) is 115 Å². The molecule has 8 rings (SSSR count). The molecule has 2 bridgehead atoms. The zero-order valence-corrected chi connectivity index (χ0v) is 34.3. The zero-order chi connectivity index (χ0) is 42.2. The molecule has 324 valence electrons. The average Bonchev–Trinajstić information content (AvgIpc) is 3.87. The van der Waals surface area contributed by atoms with E-state index in [1.165, 1.54) is 0 Å². The molecule has 0 spiro atoms. The van der Waals surface area contributed by atoms with Crippen molar-refractivity contribution in [3.05, 3.63) is 138 Å². The molecule has 0 aliphatic carbocycles. The second-order valence-electron chi connectivity index (χ2n) is 15.6. The second-order valence-corrected chi connectivity index (χ2v) is 15.6. The van der Waals surface area contributed by atoms with Gasteiger partial charge in [0.05, 0.1) is 26.9 Å². The van der Waals surface area contributed by atoms with Crippen LogP contribution < -0.4 is 15.4 Å². The van der Waals surface area contributed by atoms with Gasteiger partial charge in [0.15, 0.2) is 18.4 Å². The number of rotatable bonds is 16. The summed E-state index contributed by atoms with van der Waals surface area (Å²) in [6, 6.07) is 35.1. The molecule has 4 aliphatic heterocycles. The summed E-state index contributed by atoms with van der Waals surface area (Å²) >= 11 is 0. The van der Waals surface area contributed by atoms with Crippen molar-refractivity contribution in [1.82, 2.24) is 10.6 Å². The molecule has 61 heavy (non-hydrogen) atoms. The molecule has 0 unspecified atom stereocenters. The van der Waals surface area contributed by atoms with E-state index < -0.39 is 79.3 Å². The number of carbonyl (C=O) groups excluding carboxylic acids is 2. The highest BCUT2D eigenvalue weighted by molar-refractivity contribution is 5.68. The van der Waals surface area contributed by atoms with Gasteiger partial charge in [-0.25, -0.2) is 9.59 Å². The van der Waals surface area contributed by atoms with Gasteiger partial charge < -0.3 is 62.7 Å². The van der Waals surface area contributed by atoms with Crippen molar-refractivity contribution < 1.29 is 61.7 Å². The first-order chi connectivity index (χ1) is 29.7. The predicted molar refractivity (Wildman–Crippen MR) is 217 cm³/mol. The number of alkyl carbamates (subject to hydrolysis) is 2. The van der Waals surface area contributed by atoms with E-state index >= 15 is 0 Å². The number of benzene rings is 4. The van der Waals surface area contributed by atoms with E-state index in [4.69, 9.17) is 52.1 Å². The quantitative estimate of drug-likeness (QED) is 0.140. The number of amides is 2. The first-order valence-corrected chi connectivity index (χ1v) is 20.5. The van der Waals surface area contributed by atoms with Gasteiger partial charge in [-0.05, 0) is 48.2 Å². The zero-order valence-electron chi connectivity index (χ0n) is 34.3. The fourth-order valence-electron chi connectivity index (χ4n) is 7.86. The Morgan fingerprint density at radius 1 is 0.656 bits per heavy atom. The van der Waals surface area contributed by atoms with Crippen LogP contribution in [0.25, 0.3) is 0 Å². The molecule has 4 aromatic carbocycles. The lowest BCUT2D eigenvalue weighted by Crippen LogP contribution is -2.67. The normalized spacial score (nSPS) is 28.6.